The zero-order valence-electron chi connectivity index (χ0n) is 14.9. The van der Waals surface area contributed by atoms with Crippen LogP contribution >= 0.6 is 0 Å². The number of nitriles is 1. The van der Waals surface area contributed by atoms with E-state index in [0.717, 1.165) is 0 Å². The molecule has 0 aliphatic heterocycles. The van der Waals surface area contributed by atoms with Crippen molar-refractivity contribution in [3.05, 3.63) is 59.2 Å². The number of carbonyl (C=O) groups excluding carboxylic acids is 2. The highest BCUT2D eigenvalue weighted by Gasteiger charge is 2.12. The second-order valence-corrected chi connectivity index (χ2v) is 5.35. The number of benzene rings is 2. The van der Waals surface area contributed by atoms with Crippen molar-refractivity contribution in [2.75, 3.05) is 19.0 Å². The minimum absolute atomic E-state index is 0.0986. The van der Waals surface area contributed by atoms with E-state index in [2.05, 4.69) is 5.32 Å². The van der Waals surface area contributed by atoms with Crippen molar-refractivity contribution in [3.63, 3.8) is 0 Å². The maximum atomic E-state index is 12.3. The zero-order chi connectivity index (χ0) is 19.8. The first-order valence-corrected chi connectivity index (χ1v) is 8.05. The summed E-state index contributed by atoms with van der Waals surface area (Å²) in [5, 5.41) is 21.6. The van der Waals surface area contributed by atoms with Crippen LogP contribution in [0.25, 0.3) is 6.08 Å². The van der Waals surface area contributed by atoms with Crippen LogP contribution in [-0.4, -0.2) is 30.7 Å². The number of ether oxygens (including phenoxy) is 2. The Hall–Kier alpha value is -3.79. The molecule has 0 aliphatic carbocycles. The number of phenolic OH excluding ortho intramolecular Hbond substituents is 1. The van der Waals surface area contributed by atoms with Gasteiger partial charge in [-0.25, -0.2) is 4.79 Å². The average molecular weight is 366 g/mol. The Morgan fingerprint density at radius 1 is 1.22 bits per heavy atom. The molecule has 0 unspecified atom stereocenters. The van der Waals surface area contributed by atoms with Crippen LogP contribution in [0.1, 0.15) is 22.8 Å². The normalized spacial score (nSPS) is 10.6. The van der Waals surface area contributed by atoms with Crippen molar-refractivity contribution in [2.45, 2.75) is 6.92 Å². The number of amides is 1. The monoisotopic (exact) mass is 366 g/mol. The fourth-order valence-corrected chi connectivity index (χ4v) is 2.21. The van der Waals surface area contributed by atoms with Gasteiger partial charge in [0.2, 0.25) is 0 Å². The molecule has 7 heteroatoms. The summed E-state index contributed by atoms with van der Waals surface area (Å²) in [6.07, 6.45) is 1.35. The number of carbonyl (C=O) groups is 2. The molecule has 138 valence electrons. The predicted molar refractivity (Wildman–Crippen MR) is 99.3 cm³/mol. The lowest BCUT2D eigenvalue weighted by molar-refractivity contribution is -0.112. The molecule has 0 saturated carbocycles. The number of anilines is 1. The number of aromatic hydroxyl groups is 1. The van der Waals surface area contributed by atoms with E-state index in [1.54, 1.807) is 25.1 Å². The van der Waals surface area contributed by atoms with Gasteiger partial charge in [-0.15, -0.1) is 0 Å². The van der Waals surface area contributed by atoms with E-state index in [0.29, 0.717) is 16.8 Å². The van der Waals surface area contributed by atoms with Crippen LogP contribution < -0.4 is 10.1 Å². The smallest absolute Gasteiger partial charge is 0.338 e. The quantitative estimate of drug-likeness (QED) is 0.462. The summed E-state index contributed by atoms with van der Waals surface area (Å²) >= 11 is 0. The molecule has 27 heavy (non-hydrogen) atoms. The number of phenols is 1. The third kappa shape index (κ3) is 5.09. The Morgan fingerprint density at radius 3 is 2.48 bits per heavy atom. The fourth-order valence-electron chi connectivity index (χ4n) is 2.21. The highest BCUT2D eigenvalue weighted by atomic mass is 16.5. The van der Waals surface area contributed by atoms with E-state index in [1.165, 1.54) is 37.5 Å². The Balaban J connectivity index is 2.14. The molecule has 7 nitrogen and oxygen atoms in total. The van der Waals surface area contributed by atoms with Crippen LogP contribution in [0.15, 0.2) is 48.0 Å². The summed E-state index contributed by atoms with van der Waals surface area (Å²) in [6, 6.07) is 12.5. The predicted octanol–water partition coefficient (Wildman–Crippen LogP) is 3.12. The SMILES string of the molecule is CCOC(=O)c1ccc(NC(=O)/C(C#N)=C/c2ccc(OC)c(O)c2)cc1. The minimum Gasteiger partial charge on any atom is -0.504 e. The number of hydrogen-bond donors (Lipinski definition) is 2. The Labute approximate surface area is 156 Å². The highest BCUT2D eigenvalue weighted by molar-refractivity contribution is 6.09. The summed E-state index contributed by atoms with van der Waals surface area (Å²) in [4.78, 5) is 23.9. The molecule has 0 aliphatic rings. The van der Waals surface area contributed by atoms with E-state index in [1.807, 2.05) is 6.07 Å². The van der Waals surface area contributed by atoms with Crippen LogP contribution in [-0.2, 0) is 9.53 Å². The molecule has 0 aromatic heterocycles. The van der Waals surface area contributed by atoms with Gasteiger partial charge in [0, 0.05) is 5.69 Å². The number of esters is 1. The van der Waals surface area contributed by atoms with Gasteiger partial charge in [0.25, 0.3) is 5.91 Å². The number of rotatable bonds is 6. The first kappa shape index (κ1) is 19.5. The maximum Gasteiger partial charge on any atom is 0.338 e. The summed E-state index contributed by atoms with van der Waals surface area (Å²) in [6.45, 7) is 1.99. The van der Waals surface area contributed by atoms with Gasteiger partial charge < -0.3 is 19.9 Å². The number of methoxy groups -OCH3 is 1. The molecule has 2 aromatic carbocycles. The van der Waals surface area contributed by atoms with Gasteiger partial charge >= 0.3 is 5.97 Å². The molecule has 2 N–H and O–H groups in total. The maximum absolute atomic E-state index is 12.3. The van der Waals surface area contributed by atoms with Crippen molar-refractivity contribution in [2.24, 2.45) is 0 Å². The molecule has 0 atom stereocenters. The number of hydrogen-bond acceptors (Lipinski definition) is 6. The number of nitrogens with zero attached hydrogens (tertiary/aromatic N) is 1. The van der Waals surface area contributed by atoms with E-state index in [9.17, 15) is 20.0 Å². The molecule has 0 saturated heterocycles. The summed E-state index contributed by atoms with van der Waals surface area (Å²) < 4.78 is 9.84. The largest absolute Gasteiger partial charge is 0.504 e. The molecular formula is C20H18N2O5. The van der Waals surface area contributed by atoms with E-state index < -0.39 is 11.9 Å². The van der Waals surface area contributed by atoms with Crippen molar-refractivity contribution < 1.29 is 24.2 Å². The molecule has 0 radical (unpaired) electrons. The lowest BCUT2D eigenvalue weighted by Gasteiger charge is -2.07. The molecule has 1 amide bonds. The Morgan fingerprint density at radius 2 is 1.93 bits per heavy atom. The highest BCUT2D eigenvalue weighted by Crippen LogP contribution is 2.27. The van der Waals surface area contributed by atoms with Gasteiger partial charge in [0.05, 0.1) is 19.3 Å². The van der Waals surface area contributed by atoms with Crippen molar-refractivity contribution >= 4 is 23.6 Å². The standard InChI is InChI=1S/C20H18N2O5/c1-3-27-20(25)14-5-7-16(8-6-14)22-19(24)15(12-21)10-13-4-9-18(26-2)17(23)11-13/h4-11,23H,3H2,1-2H3,(H,22,24)/b15-10+. The molecule has 0 bridgehead atoms. The second-order valence-electron chi connectivity index (χ2n) is 5.35. The van der Waals surface area contributed by atoms with Gasteiger partial charge in [-0.2, -0.15) is 5.26 Å². The van der Waals surface area contributed by atoms with Crippen LogP contribution in [0.4, 0.5) is 5.69 Å². The van der Waals surface area contributed by atoms with Crippen LogP contribution in [0.2, 0.25) is 0 Å². The fraction of sp³-hybridized carbons (Fsp3) is 0.150. The Bertz CT molecular complexity index is 911. The third-order valence-corrected chi connectivity index (χ3v) is 3.53. The Kier molecular flexibility index (Phi) is 6.55. The molecular weight excluding hydrogens is 348 g/mol. The topological polar surface area (TPSA) is 109 Å². The van der Waals surface area contributed by atoms with Gasteiger partial charge in [0.1, 0.15) is 11.6 Å². The molecule has 2 aromatic rings. The van der Waals surface area contributed by atoms with Gasteiger partial charge in [-0.1, -0.05) is 6.07 Å². The molecule has 0 heterocycles. The van der Waals surface area contributed by atoms with Gasteiger partial charge in [-0.3, -0.25) is 4.79 Å². The average Bonchev–Trinajstić information content (AvgIpc) is 2.67. The number of nitrogens with one attached hydrogen (secondary N) is 1. The van der Waals surface area contributed by atoms with Gasteiger partial charge in [-0.05, 0) is 55.0 Å². The second kappa shape index (κ2) is 9.06. The zero-order valence-corrected chi connectivity index (χ0v) is 14.9. The molecule has 0 spiro atoms. The first-order chi connectivity index (χ1) is 13.0. The molecule has 2 rings (SSSR count). The van der Waals surface area contributed by atoms with Crippen LogP contribution in [0, 0.1) is 11.3 Å². The van der Waals surface area contributed by atoms with Crippen LogP contribution in [0.5, 0.6) is 11.5 Å². The van der Waals surface area contributed by atoms with Crippen molar-refractivity contribution in [3.8, 4) is 17.6 Å². The van der Waals surface area contributed by atoms with Crippen molar-refractivity contribution in [1.29, 1.82) is 5.26 Å². The summed E-state index contributed by atoms with van der Waals surface area (Å²) in [5.74, 6) is -0.876. The lowest BCUT2D eigenvalue weighted by atomic mass is 10.1. The minimum atomic E-state index is -0.614. The van der Waals surface area contributed by atoms with E-state index in [-0.39, 0.29) is 23.7 Å². The third-order valence-electron chi connectivity index (χ3n) is 3.53. The van der Waals surface area contributed by atoms with Gasteiger partial charge in [0.15, 0.2) is 11.5 Å². The first-order valence-electron chi connectivity index (χ1n) is 8.05. The summed E-state index contributed by atoms with van der Waals surface area (Å²) in [5.41, 5.74) is 1.11. The molecule has 0 fully saturated rings. The van der Waals surface area contributed by atoms with Crippen molar-refractivity contribution in [1.82, 2.24) is 0 Å². The van der Waals surface area contributed by atoms with E-state index in [4.69, 9.17) is 9.47 Å². The lowest BCUT2D eigenvalue weighted by Crippen LogP contribution is -2.13. The van der Waals surface area contributed by atoms with Crippen LogP contribution in [0.3, 0.4) is 0 Å². The summed E-state index contributed by atoms with van der Waals surface area (Å²) in [7, 11) is 1.42. The van der Waals surface area contributed by atoms with E-state index >= 15 is 0 Å².